The number of carbonyl (C=O) groups is 1. The van der Waals surface area contributed by atoms with Crippen molar-refractivity contribution in [2.45, 2.75) is 51.6 Å². The van der Waals surface area contributed by atoms with E-state index in [-0.39, 0.29) is 5.91 Å². The van der Waals surface area contributed by atoms with Crippen LogP contribution in [0.5, 0.6) is 0 Å². The molecule has 132 valence electrons. The van der Waals surface area contributed by atoms with Gasteiger partial charge in [0.2, 0.25) is 5.91 Å². The van der Waals surface area contributed by atoms with E-state index in [0.717, 1.165) is 32.7 Å². The van der Waals surface area contributed by atoms with Crippen molar-refractivity contribution in [3.05, 3.63) is 0 Å². The Labute approximate surface area is 140 Å². The van der Waals surface area contributed by atoms with Crippen LogP contribution in [-0.2, 0) is 14.3 Å². The summed E-state index contributed by atoms with van der Waals surface area (Å²) >= 11 is 0. The van der Waals surface area contributed by atoms with Gasteiger partial charge in [0.1, 0.15) is 0 Å². The molecule has 1 aliphatic carbocycles. The summed E-state index contributed by atoms with van der Waals surface area (Å²) in [7, 11) is 0. The second-order valence-electron chi connectivity index (χ2n) is 7.78. The fourth-order valence-corrected chi connectivity index (χ4v) is 4.32. The first-order chi connectivity index (χ1) is 11.2. The van der Waals surface area contributed by atoms with Gasteiger partial charge >= 0.3 is 0 Å². The van der Waals surface area contributed by atoms with Gasteiger partial charge in [-0.1, -0.05) is 19.8 Å². The molecule has 1 spiro atoms. The largest absolute Gasteiger partial charge is 0.381 e. The Morgan fingerprint density at radius 2 is 2.22 bits per heavy atom. The molecule has 3 aliphatic rings. The number of rotatable bonds is 6. The third kappa shape index (κ3) is 4.68. The second-order valence-corrected chi connectivity index (χ2v) is 7.78. The average molecular weight is 324 g/mol. The van der Waals surface area contributed by atoms with Crippen molar-refractivity contribution in [3.8, 4) is 0 Å². The Morgan fingerprint density at radius 1 is 1.35 bits per heavy atom. The fraction of sp³-hybridized carbons (Fsp3) is 0.944. The molecule has 0 aromatic carbocycles. The van der Waals surface area contributed by atoms with Crippen LogP contribution in [0.2, 0.25) is 0 Å². The fourth-order valence-electron chi connectivity index (χ4n) is 4.32. The van der Waals surface area contributed by atoms with E-state index in [0.29, 0.717) is 37.1 Å². The summed E-state index contributed by atoms with van der Waals surface area (Å²) in [5.41, 5.74) is 0.334. The number of hydrogen-bond acceptors (Lipinski definition) is 4. The zero-order valence-electron chi connectivity index (χ0n) is 14.5. The summed E-state index contributed by atoms with van der Waals surface area (Å²) < 4.78 is 11.5. The number of hydrogen-bond donors (Lipinski definition) is 1. The van der Waals surface area contributed by atoms with Gasteiger partial charge in [-0.25, -0.2) is 0 Å². The lowest BCUT2D eigenvalue weighted by Crippen LogP contribution is -2.39. The molecule has 0 aromatic rings. The van der Waals surface area contributed by atoms with Gasteiger partial charge in [-0.15, -0.1) is 0 Å². The highest BCUT2D eigenvalue weighted by atomic mass is 16.5. The third-order valence-corrected chi connectivity index (χ3v) is 5.86. The van der Waals surface area contributed by atoms with Crippen molar-refractivity contribution >= 4 is 5.91 Å². The molecule has 23 heavy (non-hydrogen) atoms. The van der Waals surface area contributed by atoms with Gasteiger partial charge in [-0.3, -0.25) is 9.69 Å². The lowest BCUT2D eigenvalue weighted by Gasteiger charge is -2.28. The molecule has 5 nitrogen and oxygen atoms in total. The maximum atomic E-state index is 12.1. The standard InChI is InChI=1S/C18H32N2O3/c1-15-4-2-3-5-16(15)23-11-8-19-17(21)12-20-9-6-18(13-20)7-10-22-14-18/h15-16H,2-14H2,1H3,(H,19,21)/t15-,16-,18+/m1/s1. The van der Waals surface area contributed by atoms with Gasteiger partial charge in [0, 0.05) is 25.1 Å². The zero-order valence-corrected chi connectivity index (χ0v) is 14.5. The Bertz CT molecular complexity index is 396. The molecule has 0 radical (unpaired) electrons. The SMILES string of the molecule is C[C@@H]1CCCC[C@H]1OCCNC(=O)CN1CC[C@]2(CCOC2)C1. The van der Waals surface area contributed by atoms with Crippen LogP contribution in [0, 0.1) is 11.3 Å². The molecule has 0 aromatic heterocycles. The van der Waals surface area contributed by atoms with Gasteiger partial charge in [0.15, 0.2) is 0 Å². The number of nitrogens with zero attached hydrogens (tertiary/aromatic N) is 1. The third-order valence-electron chi connectivity index (χ3n) is 5.86. The van der Waals surface area contributed by atoms with E-state index in [1.165, 1.54) is 32.1 Å². The lowest BCUT2D eigenvalue weighted by atomic mass is 9.87. The van der Waals surface area contributed by atoms with Gasteiger partial charge in [-0.2, -0.15) is 0 Å². The van der Waals surface area contributed by atoms with Crippen molar-refractivity contribution in [3.63, 3.8) is 0 Å². The first-order valence-corrected chi connectivity index (χ1v) is 9.35. The minimum absolute atomic E-state index is 0.126. The first kappa shape index (κ1) is 17.2. The van der Waals surface area contributed by atoms with Crippen molar-refractivity contribution in [1.82, 2.24) is 10.2 Å². The van der Waals surface area contributed by atoms with E-state index in [1.807, 2.05) is 0 Å². The van der Waals surface area contributed by atoms with Gasteiger partial charge in [0.25, 0.3) is 0 Å². The van der Waals surface area contributed by atoms with Crippen LogP contribution in [0.15, 0.2) is 0 Å². The molecule has 2 saturated heterocycles. The van der Waals surface area contributed by atoms with Crippen LogP contribution in [0.4, 0.5) is 0 Å². The predicted octanol–water partition coefficient (Wildman–Crippen LogP) is 1.81. The molecule has 3 fully saturated rings. The highest BCUT2D eigenvalue weighted by Crippen LogP contribution is 2.37. The molecular formula is C18H32N2O3. The molecule has 1 amide bonds. The quantitative estimate of drug-likeness (QED) is 0.757. The monoisotopic (exact) mass is 324 g/mol. The summed E-state index contributed by atoms with van der Waals surface area (Å²) in [4.78, 5) is 14.4. The predicted molar refractivity (Wildman–Crippen MR) is 89.3 cm³/mol. The van der Waals surface area contributed by atoms with Crippen molar-refractivity contribution < 1.29 is 14.3 Å². The van der Waals surface area contributed by atoms with Crippen LogP contribution in [0.25, 0.3) is 0 Å². The summed E-state index contributed by atoms with van der Waals surface area (Å²) in [5.74, 6) is 0.787. The molecule has 1 saturated carbocycles. The molecule has 3 atom stereocenters. The van der Waals surface area contributed by atoms with E-state index in [4.69, 9.17) is 9.47 Å². The van der Waals surface area contributed by atoms with E-state index < -0.39 is 0 Å². The van der Waals surface area contributed by atoms with E-state index in [1.54, 1.807) is 0 Å². The normalized spacial score (nSPS) is 35.0. The van der Waals surface area contributed by atoms with Crippen molar-refractivity contribution in [1.29, 1.82) is 0 Å². The van der Waals surface area contributed by atoms with Gasteiger partial charge < -0.3 is 14.8 Å². The Balaban J connectivity index is 1.28. The maximum Gasteiger partial charge on any atom is 0.234 e. The smallest absolute Gasteiger partial charge is 0.234 e. The molecule has 0 unspecified atom stereocenters. The molecule has 2 aliphatic heterocycles. The minimum atomic E-state index is 0.126. The summed E-state index contributed by atoms with van der Waals surface area (Å²) in [5, 5.41) is 3.01. The Kier molecular flexibility index (Phi) is 5.94. The van der Waals surface area contributed by atoms with Crippen LogP contribution < -0.4 is 5.32 Å². The number of ether oxygens (including phenoxy) is 2. The topological polar surface area (TPSA) is 50.8 Å². The highest BCUT2D eigenvalue weighted by molar-refractivity contribution is 5.78. The Hall–Kier alpha value is -0.650. The molecule has 5 heteroatoms. The molecule has 3 rings (SSSR count). The van der Waals surface area contributed by atoms with Gasteiger partial charge in [0.05, 0.1) is 25.9 Å². The highest BCUT2D eigenvalue weighted by Gasteiger charge is 2.41. The first-order valence-electron chi connectivity index (χ1n) is 9.35. The molecule has 0 bridgehead atoms. The lowest BCUT2D eigenvalue weighted by molar-refractivity contribution is -0.122. The summed E-state index contributed by atoms with van der Waals surface area (Å²) in [6.45, 7) is 7.85. The number of carbonyl (C=O) groups excluding carboxylic acids is 1. The zero-order chi connectivity index (χ0) is 16.1. The average Bonchev–Trinajstić information content (AvgIpc) is 3.16. The summed E-state index contributed by atoms with van der Waals surface area (Å²) in [6, 6.07) is 0. The number of likely N-dealkylation sites (tertiary alicyclic amines) is 1. The van der Waals surface area contributed by atoms with E-state index in [2.05, 4.69) is 17.1 Å². The van der Waals surface area contributed by atoms with Crippen molar-refractivity contribution in [2.75, 3.05) is 46.0 Å². The maximum absolute atomic E-state index is 12.1. The molecule has 1 N–H and O–H groups in total. The number of nitrogens with one attached hydrogen (secondary N) is 1. The Morgan fingerprint density at radius 3 is 3.00 bits per heavy atom. The molecular weight excluding hydrogens is 292 g/mol. The number of amides is 1. The van der Waals surface area contributed by atoms with Crippen LogP contribution in [0.3, 0.4) is 0 Å². The van der Waals surface area contributed by atoms with Gasteiger partial charge in [-0.05, 0) is 38.1 Å². The van der Waals surface area contributed by atoms with E-state index >= 15 is 0 Å². The van der Waals surface area contributed by atoms with Crippen LogP contribution in [-0.4, -0.2) is 62.9 Å². The van der Waals surface area contributed by atoms with Crippen LogP contribution >= 0.6 is 0 Å². The minimum Gasteiger partial charge on any atom is -0.381 e. The van der Waals surface area contributed by atoms with E-state index in [9.17, 15) is 4.79 Å². The van der Waals surface area contributed by atoms with Crippen LogP contribution in [0.1, 0.15) is 45.4 Å². The second kappa shape index (κ2) is 7.95. The summed E-state index contributed by atoms with van der Waals surface area (Å²) in [6.07, 6.45) is 7.77. The van der Waals surface area contributed by atoms with Crippen molar-refractivity contribution in [2.24, 2.45) is 11.3 Å². The molecule has 2 heterocycles.